The van der Waals surface area contributed by atoms with E-state index >= 15 is 0 Å². The first-order chi connectivity index (χ1) is 15.0. The van der Waals surface area contributed by atoms with Gasteiger partial charge in [-0.05, 0) is 44.2 Å². The standard InChI is InChI=1S/C21H25N7O3/c1-22-18-10-17(26-19-13(11-23-28(18)19)20(30)24-12-7-8-12)25-14-4-3-9-27(21(14)31)15-5-2-6-16(15)29/h3-4,9-12,15-16,22,29H,2,5-8H2,1H3,(H,24,30)(H,25,26)/t15-,16+/m1/s1. The van der Waals surface area contributed by atoms with E-state index in [1.54, 1.807) is 40.5 Å². The fourth-order valence-corrected chi connectivity index (χ4v) is 4.11. The lowest BCUT2D eigenvalue weighted by atomic mass is 10.2. The summed E-state index contributed by atoms with van der Waals surface area (Å²) in [6.07, 6.45) is 7.04. The Labute approximate surface area is 178 Å². The van der Waals surface area contributed by atoms with Crippen molar-refractivity contribution in [1.29, 1.82) is 0 Å². The second-order valence-electron chi connectivity index (χ2n) is 8.14. The first kappa shape index (κ1) is 19.6. The molecule has 0 saturated heterocycles. The summed E-state index contributed by atoms with van der Waals surface area (Å²) in [6.45, 7) is 0. The molecule has 3 aromatic heterocycles. The van der Waals surface area contributed by atoms with Crippen molar-refractivity contribution in [2.45, 2.75) is 50.3 Å². The fourth-order valence-electron chi connectivity index (χ4n) is 4.11. The second-order valence-corrected chi connectivity index (χ2v) is 8.14. The lowest BCUT2D eigenvalue weighted by molar-refractivity contribution is 0.0952. The zero-order chi connectivity index (χ0) is 21.5. The van der Waals surface area contributed by atoms with E-state index in [2.05, 4.69) is 26.0 Å². The average Bonchev–Trinajstić information content (AvgIpc) is 3.30. The van der Waals surface area contributed by atoms with Gasteiger partial charge in [-0.3, -0.25) is 9.59 Å². The number of hydrogen-bond acceptors (Lipinski definition) is 7. The van der Waals surface area contributed by atoms with Crippen LogP contribution in [0.2, 0.25) is 0 Å². The number of carbonyl (C=O) groups is 1. The van der Waals surface area contributed by atoms with Gasteiger partial charge in [-0.2, -0.15) is 9.61 Å². The van der Waals surface area contributed by atoms with Gasteiger partial charge in [0.1, 0.15) is 22.9 Å². The summed E-state index contributed by atoms with van der Waals surface area (Å²) in [4.78, 5) is 30.2. The van der Waals surface area contributed by atoms with Crippen LogP contribution in [0.3, 0.4) is 0 Å². The number of amides is 1. The average molecular weight is 423 g/mol. The molecule has 3 heterocycles. The van der Waals surface area contributed by atoms with Crippen LogP contribution in [0.4, 0.5) is 17.3 Å². The summed E-state index contributed by atoms with van der Waals surface area (Å²) < 4.78 is 3.15. The largest absolute Gasteiger partial charge is 0.391 e. The Morgan fingerprint density at radius 3 is 2.81 bits per heavy atom. The van der Waals surface area contributed by atoms with Crippen LogP contribution < -0.4 is 21.5 Å². The number of rotatable bonds is 6. The lowest BCUT2D eigenvalue weighted by Gasteiger charge is -2.19. The van der Waals surface area contributed by atoms with E-state index in [1.807, 2.05) is 0 Å². The Morgan fingerprint density at radius 1 is 1.26 bits per heavy atom. The Kier molecular flexibility index (Phi) is 4.85. The first-order valence-corrected chi connectivity index (χ1v) is 10.6. The van der Waals surface area contributed by atoms with E-state index < -0.39 is 6.10 Å². The van der Waals surface area contributed by atoms with Crippen LogP contribution in [0.25, 0.3) is 5.65 Å². The number of anilines is 3. The predicted octanol–water partition coefficient (Wildman–Crippen LogP) is 1.65. The highest BCUT2D eigenvalue weighted by Crippen LogP contribution is 2.29. The molecule has 0 aromatic carbocycles. The number of nitrogens with zero attached hydrogens (tertiary/aromatic N) is 4. The molecule has 2 saturated carbocycles. The zero-order valence-electron chi connectivity index (χ0n) is 17.2. The zero-order valence-corrected chi connectivity index (χ0v) is 17.2. The summed E-state index contributed by atoms with van der Waals surface area (Å²) in [5, 5.41) is 23.6. The molecule has 5 rings (SSSR count). The Bertz CT molecular complexity index is 1200. The van der Waals surface area contributed by atoms with Crippen molar-refractivity contribution in [2.75, 3.05) is 17.7 Å². The molecule has 2 aliphatic carbocycles. The van der Waals surface area contributed by atoms with Crippen molar-refractivity contribution in [1.82, 2.24) is 24.5 Å². The number of aliphatic hydroxyl groups is 1. The molecule has 0 spiro atoms. The van der Waals surface area contributed by atoms with Crippen molar-refractivity contribution in [3.8, 4) is 0 Å². The molecular weight excluding hydrogens is 398 g/mol. The maximum absolute atomic E-state index is 13.0. The van der Waals surface area contributed by atoms with Crippen LogP contribution >= 0.6 is 0 Å². The van der Waals surface area contributed by atoms with Gasteiger partial charge in [0.25, 0.3) is 11.5 Å². The van der Waals surface area contributed by atoms with E-state index in [0.717, 1.165) is 25.7 Å². The van der Waals surface area contributed by atoms with Gasteiger partial charge in [0, 0.05) is 25.4 Å². The highest BCUT2D eigenvalue weighted by Gasteiger charge is 2.28. The van der Waals surface area contributed by atoms with Gasteiger partial charge in [-0.1, -0.05) is 0 Å². The molecule has 0 unspecified atom stereocenters. The third kappa shape index (κ3) is 3.63. The molecular formula is C21H25N7O3. The van der Waals surface area contributed by atoms with Crippen LogP contribution in [0.1, 0.15) is 48.5 Å². The van der Waals surface area contributed by atoms with Crippen molar-refractivity contribution in [3.63, 3.8) is 0 Å². The summed E-state index contributed by atoms with van der Waals surface area (Å²) in [7, 11) is 1.75. The van der Waals surface area contributed by atoms with Crippen molar-refractivity contribution < 1.29 is 9.90 Å². The lowest BCUT2D eigenvalue weighted by Crippen LogP contribution is -2.30. The van der Waals surface area contributed by atoms with Crippen molar-refractivity contribution in [2.24, 2.45) is 0 Å². The molecule has 0 aliphatic heterocycles. The van der Waals surface area contributed by atoms with Crippen LogP contribution in [0.15, 0.2) is 35.4 Å². The SMILES string of the molecule is CNc1cc(Nc2cccn([C@@H]3CCC[C@@H]3O)c2=O)nc2c(C(=O)NC3CC3)cnn12. The fraction of sp³-hybridized carbons (Fsp3) is 0.429. The molecule has 10 nitrogen and oxygen atoms in total. The summed E-state index contributed by atoms with van der Waals surface area (Å²) >= 11 is 0. The van der Waals surface area contributed by atoms with Gasteiger partial charge in [-0.15, -0.1) is 0 Å². The normalized spacial score (nSPS) is 20.7. The summed E-state index contributed by atoms with van der Waals surface area (Å²) in [6, 6.07) is 5.19. The van der Waals surface area contributed by atoms with Gasteiger partial charge in [-0.25, -0.2) is 4.98 Å². The van der Waals surface area contributed by atoms with Gasteiger partial charge < -0.3 is 25.6 Å². The Balaban J connectivity index is 1.50. The predicted molar refractivity (Wildman–Crippen MR) is 116 cm³/mol. The van der Waals surface area contributed by atoms with E-state index in [4.69, 9.17) is 0 Å². The van der Waals surface area contributed by atoms with Gasteiger partial charge >= 0.3 is 0 Å². The third-order valence-electron chi connectivity index (χ3n) is 5.92. The Hall–Kier alpha value is -3.40. The molecule has 0 bridgehead atoms. The van der Waals surface area contributed by atoms with E-state index in [9.17, 15) is 14.7 Å². The van der Waals surface area contributed by atoms with Crippen LogP contribution in [-0.2, 0) is 0 Å². The quantitative estimate of drug-likeness (QED) is 0.475. The minimum Gasteiger partial charge on any atom is -0.391 e. The van der Waals surface area contributed by atoms with Crippen molar-refractivity contribution >= 4 is 28.9 Å². The van der Waals surface area contributed by atoms with Gasteiger partial charge in [0.15, 0.2) is 5.65 Å². The molecule has 1 amide bonds. The summed E-state index contributed by atoms with van der Waals surface area (Å²) in [5.74, 6) is 0.835. The first-order valence-electron chi connectivity index (χ1n) is 10.6. The molecule has 4 N–H and O–H groups in total. The molecule has 31 heavy (non-hydrogen) atoms. The third-order valence-corrected chi connectivity index (χ3v) is 5.92. The maximum atomic E-state index is 13.0. The smallest absolute Gasteiger partial charge is 0.274 e. The molecule has 0 radical (unpaired) electrons. The van der Waals surface area contributed by atoms with E-state index in [0.29, 0.717) is 35.0 Å². The van der Waals surface area contributed by atoms with Gasteiger partial charge in [0.05, 0.1) is 18.3 Å². The highest BCUT2D eigenvalue weighted by atomic mass is 16.3. The van der Waals surface area contributed by atoms with Crippen LogP contribution in [0.5, 0.6) is 0 Å². The number of fused-ring (bicyclic) bond motifs is 1. The van der Waals surface area contributed by atoms with Gasteiger partial charge in [0.2, 0.25) is 0 Å². The molecule has 162 valence electrons. The number of aromatic nitrogens is 4. The topological polar surface area (TPSA) is 126 Å². The number of hydrogen-bond donors (Lipinski definition) is 4. The molecule has 2 atom stereocenters. The number of aliphatic hydroxyl groups excluding tert-OH is 1. The number of nitrogens with one attached hydrogen (secondary N) is 3. The van der Waals surface area contributed by atoms with Crippen molar-refractivity contribution in [3.05, 3.63) is 46.5 Å². The monoisotopic (exact) mass is 423 g/mol. The van der Waals surface area contributed by atoms with E-state index in [-0.39, 0.29) is 23.6 Å². The highest BCUT2D eigenvalue weighted by molar-refractivity contribution is 6.00. The summed E-state index contributed by atoms with van der Waals surface area (Å²) in [5.41, 5.74) is 0.909. The minimum atomic E-state index is -0.516. The maximum Gasteiger partial charge on any atom is 0.274 e. The van der Waals surface area contributed by atoms with E-state index in [1.165, 1.54) is 6.20 Å². The molecule has 10 heteroatoms. The second kappa shape index (κ2) is 7.69. The van der Waals surface area contributed by atoms with Crippen LogP contribution in [-0.4, -0.2) is 49.4 Å². The molecule has 2 aliphatic rings. The number of pyridine rings is 1. The minimum absolute atomic E-state index is 0.207. The van der Waals surface area contributed by atoms with Crippen LogP contribution in [0, 0.1) is 0 Å². The molecule has 3 aromatic rings. The number of carbonyl (C=O) groups excluding carboxylic acids is 1. The molecule has 2 fully saturated rings. The Morgan fingerprint density at radius 2 is 2.10 bits per heavy atom.